The lowest BCUT2D eigenvalue weighted by atomic mass is 10.0. The van der Waals surface area contributed by atoms with Crippen LogP contribution in [0.2, 0.25) is 0 Å². The van der Waals surface area contributed by atoms with Crippen LogP contribution in [-0.4, -0.2) is 62.2 Å². The van der Waals surface area contributed by atoms with E-state index < -0.39 is 49.7 Å². The van der Waals surface area contributed by atoms with Crippen molar-refractivity contribution in [2.24, 2.45) is 7.05 Å². The summed E-state index contributed by atoms with van der Waals surface area (Å²) in [5.74, 6) is -2.74. The van der Waals surface area contributed by atoms with Crippen LogP contribution in [0.5, 0.6) is 0 Å². The van der Waals surface area contributed by atoms with Crippen LogP contribution in [-0.2, 0) is 38.1 Å². The molecular formula is C28H27FN8O7S2. The number of hydrogen-bond acceptors (Lipinski definition) is 12. The summed E-state index contributed by atoms with van der Waals surface area (Å²) < 4.78 is 79.9. The number of aromatic nitrogens is 6. The summed E-state index contributed by atoms with van der Waals surface area (Å²) in [6.45, 7) is -0.718. The zero-order valence-electron chi connectivity index (χ0n) is 24.2. The molecule has 0 aliphatic heterocycles. The number of nitrogen functional groups attached to an aromatic ring is 1. The molecule has 0 radical (unpaired) electrons. The molecule has 240 valence electrons. The summed E-state index contributed by atoms with van der Waals surface area (Å²) >= 11 is 0. The number of rotatable bonds is 11. The molecule has 3 heterocycles. The number of benzene rings is 2. The SMILES string of the molecule is Cn1cc(Nc2nc(N)nc(-c3cccc(-n4ccc5cc(C6CC6)cc(F)c5c4=O)c3COS(=O)(=O)CCS(=O)(=O)O)n2)cn1. The second-order valence-electron chi connectivity index (χ2n) is 10.7. The van der Waals surface area contributed by atoms with Crippen LogP contribution in [0.4, 0.5) is 22.0 Å². The number of anilines is 3. The Morgan fingerprint density at radius 1 is 1.11 bits per heavy atom. The smallest absolute Gasteiger partial charge is 0.268 e. The Balaban J connectivity index is 1.47. The fourth-order valence-corrected chi connectivity index (χ4v) is 7.03. The maximum Gasteiger partial charge on any atom is 0.268 e. The van der Waals surface area contributed by atoms with E-state index in [2.05, 4.69) is 25.4 Å². The van der Waals surface area contributed by atoms with Gasteiger partial charge in [0.2, 0.25) is 11.9 Å². The predicted molar refractivity (Wildman–Crippen MR) is 166 cm³/mol. The van der Waals surface area contributed by atoms with E-state index in [9.17, 15) is 21.6 Å². The molecule has 0 spiro atoms. The number of nitrogens with two attached hydrogens (primary N) is 1. The average molecular weight is 671 g/mol. The fraction of sp³-hybridized carbons (Fsp3) is 0.250. The highest BCUT2D eigenvalue weighted by Crippen LogP contribution is 2.41. The summed E-state index contributed by atoms with van der Waals surface area (Å²) in [4.78, 5) is 26.5. The molecule has 5 aromatic rings. The first-order chi connectivity index (χ1) is 21.8. The third-order valence-electron chi connectivity index (χ3n) is 7.27. The molecule has 0 saturated heterocycles. The lowest BCUT2D eigenvalue weighted by Gasteiger charge is -2.17. The molecule has 3 aromatic heterocycles. The van der Waals surface area contributed by atoms with Gasteiger partial charge in [0.05, 0.1) is 41.1 Å². The van der Waals surface area contributed by atoms with Crippen molar-refractivity contribution in [1.29, 1.82) is 0 Å². The van der Waals surface area contributed by atoms with Gasteiger partial charge in [-0.2, -0.15) is 36.9 Å². The second kappa shape index (κ2) is 11.9. The van der Waals surface area contributed by atoms with E-state index in [-0.39, 0.29) is 45.8 Å². The van der Waals surface area contributed by atoms with E-state index in [0.717, 1.165) is 23.0 Å². The van der Waals surface area contributed by atoms with Gasteiger partial charge < -0.3 is 11.1 Å². The highest BCUT2D eigenvalue weighted by molar-refractivity contribution is 7.90. The zero-order chi connectivity index (χ0) is 32.8. The van der Waals surface area contributed by atoms with E-state index >= 15 is 4.39 Å². The van der Waals surface area contributed by atoms with Gasteiger partial charge in [0.25, 0.3) is 25.8 Å². The van der Waals surface area contributed by atoms with Crippen molar-refractivity contribution in [3.8, 4) is 17.1 Å². The van der Waals surface area contributed by atoms with E-state index in [1.807, 2.05) is 0 Å². The van der Waals surface area contributed by atoms with E-state index in [4.69, 9.17) is 14.5 Å². The zero-order valence-corrected chi connectivity index (χ0v) is 25.8. The summed E-state index contributed by atoms with van der Waals surface area (Å²) in [5.41, 5.74) is 7.01. The number of hydrogen-bond donors (Lipinski definition) is 3. The van der Waals surface area contributed by atoms with Crippen molar-refractivity contribution < 1.29 is 30.0 Å². The Kier molecular flexibility index (Phi) is 8.05. The first-order valence-electron chi connectivity index (χ1n) is 13.8. The standard InChI is InChI=1S/C28H27FN8O7S2/c1-36-14-19(13-31-36)32-28-34-25(33-27(30)35-28)20-3-2-4-23(21(20)15-44-46(42,43)10-9-45(39,40)41)37-8-7-17-11-18(16-5-6-16)12-22(29)24(17)26(37)38/h2-4,7-8,11-14,16H,5-6,9-10,15H2,1H3,(H,39,40,41)(H3,30,32,33,34,35). The Morgan fingerprint density at radius 2 is 1.89 bits per heavy atom. The summed E-state index contributed by atoms with van der Waals surface area (Å²) in [5, 5.41) is 7.28. The van der Waals surface area contributed by atoms with Crippen LogP contribution in [0.1, 0.15) is 29.9 Å². The normalized spacial score (nSPS) is 13.7. The van der Waals surface area contributed by atoms with Crippen molar-refractivity contribution in [3.63, 3.8) is 0 Å². The highest BCUT2D eigenvalue weighted by Gasteiger charge is 2.26. The average Bonchev–Trinajstić information content (AvgIpc) is 3.76. The van der Waals surface area contributed by atoms with Crippen LogP contribution >= 0.6 is 0 Å². The first-order valence-corrected chi connectivity index (χ1v) is 17.0. The number of halogens is 1. The molecule has 2 aromatic carbocycles. The monoisotopic (exact) mass is 670 g/mol. The minimum absolute atomic E-state index is 0.0243. The van der Waals surface area contributed by atoms with Gasteiger partial charge in [0, 0.05) is 30.6 Å². The number of aryl methyl sites for hydroxylation is 1. The number of pyridine rings is 1. The molecule has 1 aliphatic rings. The molecule has 1 saturated carbocycles. The van der Waals surface area contributed by atoms with Crippen molar-refractivity contribution in [2.75, 3.05) is 22.6 Å². The largest absolute Gasteiger partial charge is 0.368 e. The van der Waals surface area contributed by atoms with Gasteiger partial charge >= 0.3 is 0 Å². The first kappa shape index (κ1) is 31.2. The third-order valence-corrected chi connectivity index (χ3v) is 9.43. The topological polar surface area (TPSA) is 214 Å². The minimum Gasteiger partial charge on any atom is -0.368 e. The number of nitrogens with zero attached hydrogens (tertiary/aromatic N) is 6. The van der Waals surface area contributed by atoms with Crippen LogP contribution in [0.15, 0.2) is 59.8 Å². The number of nitrogens with one attached hydrogen (secondary N) is 1. The van der Waals surface area contributed by atoms with Gasteiger partial charge in [-0.05, 0) is 47.9 Å². The van der Waals surface area contributed by atoms with Crippen LogP contribution in [0.3, 0.4) is 0 Å². The highest BCUT2D eigenvalue weighted by atomic mass is 32.2. The lowest BCUT2D eigenvalue weighted by molar-refractivity contribution is 0.308. The summed E-state index contributed by atoms with van der Waals surface area (Å²) in [7, 11) is -7.40. The van der Waals surface area contributed by atoms with Crippen LogP contribution in [0, 0.1) is 5.82 Å². The van der Waals surface area contributed by atoms with Gasteiger partial charge in [-0.15, -0.1) is 0 Å². The van der Waals surface area contributed by atoms with Crippen LogP contribution < -0.4 is 16.6 Å². The Labute approximate surface area is 261 Å². The van der Waals surface area contributed by atoms with Gasteiger partial charge in [0.15, 0.2) is 5.82 Å². The Bertz CT molecular complexity index is 2270. The third kappa shape index (κ3) is 6.89. The molecular weight excluding hydrogens is 643 g/mol. The van der Waals surface area contributed by atoms with Gasteiger partial charge in [-0.25, -0.2) is 4.39 Å². The van der Waals surface area contributed by atoms with Crippen molar-refractivity contribution in [2.45, 2.75) is 25.4 Å². The van der Waals surface area contributed by atoms with Gasteiger partial charge in [-0.1, -0.05) is 18.2 Å². The number of fused-ring (bicyclic) bond motifs is 1. The van der Waals surface area contributed by atoms with Crippen molar-refractivity contribution in [1.82, 2.24) is 29.3 Å². The molecule has 0 unspecified atom stereocenters. The molecule has 46 heavy (non-hydrogen) atoms. The predicted octanol–water partition coefficient (Wildman–Crippen LogP) is 2.65. The molecule has 4 N–H and O–H groups in total. The molecule has 1 fully saturated rings. The van der Waals surface area contributed by atoms with Crippen molar-refractivity contribution >= 4 is 48.6 Å². The Morgan fingerprint density at radius 3 is 2.59 bits per heavy atom. The summed E-state index contributed by atoms with van der Waals surface area (Å²) in [6.07, 6.45) is 6.53. The Hall–Kier alpha value is -4.78. The fourth-order valence-electron chi connectivity index (χ4n) is 4.95. The maximum absolute atomic E-state index is 15.4. The quantitative estimate of drug-likeness (QED) is 0.136. The van der Waals surface area contributed by atoms with Gasteiger partial charge in [-0.3, -0.25) is 22.8 Å². The maximum atomic E-state index is 15.4. The van der Waals surface area contributed by atoms with Crippen molar-refractivity contribution in [3.05, 3.63) is 82.3 Å². The van der Waals surface area contributed by atoms with E-state index in [1.165, 1.54) is 30.6 Å². The van der Waals surface area contributed by atoms with Crippen LogP contribution in [0.25, 0.3) is 27.8 Å². The van der Waals surface area contributed by atoms with E-state index in [0.29, 0.717) is 11.1 Å². The lowest BCUT2D eigenvalue weighted by Crippen LogP contribution is -2.22. The summed E-state index contributed by atoms with van der Waals surface area (Å²) in [6, 6.07) is 9.31. The molecule has 1 aliphatic carbocycles. The molecule has 0 atom stereocenters. The molecule has 15 nitrogen and oxygen atoms in total. The second-order valence-corrected chi connectivity index (χ2v) is 14.0. The molecule has 0 amide bonds. The minimum atomic E-state index is -4.61. The van der Waals surface area contributed by atoms with E-state index in [1.54, 1.807) is 36.1 Å². The molecule has 0 bridgehead atoms. The molecule has 6 rings (SSSR count). The molecule has 18 heteroatoms. The van der Waals surface area contributed by atoms with Gasteiger partial charge in [0.1, 0.15) is 5.82 Å².